The molecule has 1 aliphatic heterocycles. The lowest BCUT2D eigenvalue weighted by Crippen LogP contribution is -2.10. The van der Waals surface area contributed by atoms with Crippen LogP contribution < -0.4 is 0 Å². The van der Waals surface area contributed by atoms with Gasteiger partial charge in [-0.3, -0.25) is 9.79 Å². The monoisotopic (exact) mass is 493 g/mol. The number of nitrogens with zero attached hydrogens (tertiary/aromatic N) is 1. The standard InChI is InChI=1S/C23H34O.C11H15N.3H2/c24-23(16-15-19-9-4-3-5-10-19)18-20-11-8-14-22(17-20)21-12-6-1-2-7-13-21;1-8-6-10-4-3-5-11(10)9(2)12-7-8;;;/h8,11,14,17,19,21H,1-7,9-10,12-13,15-16,18H2;3,5,7-8,10H,4,6H2,1-2H3;3*1H. The summed E-state index contributed by atoms with van der Waals surface area (Å²) in [5.74, 6) is 3.38. The molecule has 36 heavy (non-hydrogen) atoms. The molecule has 2 fully saturated rings. The fourth-order valence-electron chi connectivity index (χ4n) is 6.81. The summed E-state index contributed by atoms with van der Waals surface area (Å²) in [5, 5.41) is 0. The van der Waals surface area contributed by atoms with Gasteiger partial charge in [-0.05, 0) is 79.4 Å². The van der Waals surface area contributed by atoms with Crippen LogP contribution in [0.4, 0.5) is 0 Å². The molecule has 1 aromatic rings. The molecule has 2 heteroatoms. The average molecular weight is 494 g/mol. The molecule has 0 saturated heterocycles. The second-order valence-corrected chi connectivity index (χ2v) is 12.1. The van der Waals surface area contributed by atoms with Crippen molar-refractivity contribution in [2.75, 3.05) is 0 Å². The maximum Gasteiger partial charge on any atom is 0.137 e. The molecule has 1 heterocycles. The Labute approximate surface area is 225 Å². The molecule has 2 unspecified atom stereocenters. The predicted octanol–water partition coefficient (Wildman–Crippen LogP) is 10.3. The van der Waals surface area contributed by atoms with E-state index in [-0.39, 0.29) is 4.28 Å². The van der Waals surface area contributed by atoms with Crippen molar-refractivity contribution in [3.8, 4) is 0 Å². The van der Waals surface area contributed by atoms with Gasteiger partial charge in [-0.15, -0.1) is 0 Å². The van der Waals surface area contributed by atoms with Crippen molar-refractivity contribution in [2.24, 2.45) is 22.7 Å². The number of hydrogen-bond acceptors (Lipinski definition) is 2. The van der Waals surface area contributed by atoms with Crippen molar-refractivity contribution in [1.29, 1.82) is 0 Å². The van der Waals surface area contributed by atoms with E-state index in [4.69, 9.17) is 0 Å². The Bertz CT molecular complexity index is 940. The molecule has 0 radical (unpaired) electrons. The lowest BCUT2D eigenvalue weighted by atomic mass is 9.85. The average Bonchev–Trinajstić information content (AvgIpc) is 3.11. The number of carbonyl (C=O) groups is 1. The number of rotatable bonds is 6. The van der Waals surface area contributed by atoms with E-state index < -0.39 is 0 Å². The Hall–Kier alpha value is -1.96. The number of ketones is 1. The highest BCUT2D eigenvalue weighted by Crippen LogP contribution is 2.34. The maximum absolute atomic E-state index is 12.4. The zero-order valence-electron chi connectivity index (χ0n) is 23.0. The normalized spacial score (nSPS) is 25.1. The number of hydrogen-bond donors (Lipinski definition) is 0. The molecule has 0 aromatic heterocycles. The van der Waals surface area contributed by atoms with Gasteiger partial charge in [-0.2, -0.15) is 0 Å². The van der Waals surface area contributed by atoms with E-state index in [0.29, 0.717) is 18.1 Å². The minimum absolute atomic E-state index is 0. The van der Waals surface area contributed by atoms with Crippen molar-refractivity contribution < 1.29 is 9.07 Å². The van der Waals surface area contributed by atoms with Crippen LogP contribution in [0.3, 0.4) is 0 Å². The van der Waals surface area contributed by atoms with Gasteiger partial charge >= 0.3 is 0 Å². The molecule has 0 spiro atoms. The van der Waals surface area contributed by atoms with E-state index >= 15 is 0 Å². The highest BCUT2D eigenvalue weighted by molar-refractivity contribution is 5.80. The Balaban J connectivity index is 0.000000432. The van der Waals surface area contributed by atoms with Crippen LogP contribution in [0.5, 0.6) is 0 Å². The first-order chi connectivity index (χ1) is 17.6. The minimum Gasteiger partial charge on any atom is -0.299 e. The molecule has 1 aromatic carbocycles. The van der Waals surface area contributed by atoms with Crippen molar-refractivity contribution in [1.82, 2.24) is 0 Å². The zero-order chi connectivity index (χ0) is 25.2. The summed E-state index contributed by atoms with van der Waals surface area (Å²) in [6.45, 7) is 4.37. The Morgan fingerprint density at radius 1 is 0.972 bits per heavy atom. The Kier molecular flexibility index (Phi) is 10.6. The first-order valence-corrected chi connectivity index (χ1v) is 15.1. The van der Waals surface area contributed by atoms with Gasteiger partial charge in [0.1, 0.15) is 5.78 Å². The van der Waals surface area contributed by atoms with E-state index in [9.17, 15) is 4.79 Å². The third-order valence-corrected chi connectivity index (χ3v) is 8.99. The number of Topliss-reactive ketones (excluding diaryl/α,β-unsaturated/α-hetero) is 1. The molecule has 0 N–H and O–H groups in total. The second-order valence-electron chi connectivity index (χ2n) is 12.1. The van der Waals surface area contributed by atoms with Crippen LogP contribution >= 0.6 is 0 Å². The van der Waals surface area contributed by atoms with E-state index in [1.807, 2.05) is 0 Å². The molecule has 3 aliphatic carbocycles. The second kappa shape index (κ2) is 14.1. The van der Waals surface area contributed by atoms with Gasteiger partial charge < -0.3 is 0 Å². The number of allylic oxidation sites excluding steroid dienone is 4. The van der Waals surface area contributed by atoms with E-state index in [1.165, 1.54) is 106 Å². The molecule has 5 rings (SSSR count). The molecule has 4 aliphatic rings. The number of benzene rings is 1. The highest BCUT2D eigenvalue weighted by atomic mass is 16.1. The minimum atomic E-state index is 0. The highest BCUT2D eigenvalue weighted by Gasteiger charge is 2.22. The van der Waals surface area contributed by atoms with Crippen LogP contribution in [0.1, 0.15) is 131 Å². The van der Waals surface area contributed by atoms with E-state index in [0.717, 1.165) is 30.6 Å². The molecule has 2 atom stereocenters. The van der Waals surface area contributed by atoms with Crippen LogP contribution in [-0.2, 0) is 11.2 Å². The van der Waals surface area contributed by atoms with Crippen LogP contribution in [0.25, 0.3) is 0 Å². The smallest absolute Gasteiger partial charge is 0.137 e. The van der Waals surface area contributed by atoms with Gasteiger partial charge in [0, 0.05) is 29.0 Å². The Morgan fingerprint density at radius 2 is 1.69 bits per heavy atom. The van der Waals surface area contributed by atoms with E-state index in [2.05, 4.69) is 61.5 Å². The van der Waals surface area contributed by atoms with Gasteiger partial charge in [-0.25, -0.2) is 0 Å². The predicted molar refractivity (Wildman–Crippen MR) is 160 cm³/mol. The number of fused-ring (bicyclic) bond motifs is 1. The molecule has 202 valence electrons. The SMILES string of the molecule is CC1=C2C=CCC2CC(C)C=N1.O=C(CCC1CCCCC1)Cc1cccc(C2CCCCCC2)c1.[HH].[HH].[HH]. The summed E-state index contributed by atoms with van der Waals surface area (Å²) in [6, 6.07) is 8.93. The van der Waals surface area contributed by atoms with Crippen molar-refractivity contribution in [3.63, 3.8) is 0 Å². The summed E-state index contributed by atoms with van der Waals surface area (Å²) in [6.07, 6.45) is 26.7. The van der Waals surface area contributed by atoms with Crippen LogP contribution in [0, 0.1) is 17.8 Å². The van der Waals surface area contributed by atoms with Crippen molar-refractivity contribution in [3.05, 3.63) is 58.8 Å². The maximum atomic E-state index is 12.4. The molecule has 2 nitrogen and oxygen atoms in total. The summed E-state index contributed by atoms with van der Waals surface area (Å²) >= 11 is 0. The lowest BCUT2D eigenvalue weighted by molar-refractivity contribution is -0.118. The van der Waals surface area contributed by atoms with Gasteiger partial charge in [0.05, 0.1) is 0 Å². The van der Waals surface area contributed by atoms with Gasteiger partial charge in [0.15, 0.2) is 0 Å². The number of aliphatic imine (C=N–C) groups is 1. The molecule has 2 saturated carbocycles. The fraction of sp³-hybridized carbons (Fsp3) is 0.647. The quantitative estimate of drug-likeness (QED) is 0.362. The van der Waals surface area contributed by atoms with Crippen molar-refractivity contribution in [2.45, 2.75) is 122 Å². The third-order valence-electron chi connectivity index (χ3n) is 8.99. The van der Waals surface area contributed by atoms with Gasteiger partial charge in [0.25, 0.3) is 0 Å². The summed E-state index contributed by atoms with van der Waals surface area (Å²) in [4.78, 5) is 16.8. The first kappa shape index (κ1) is 27.1. The van der Waals surface area contributed by atoms with Gasteiger partial charge in [0.2, 0.25) is 0 Å². The van der Waals surface area contributed by atoms with Crippen LogP contribution in [0.2, 0.25) is 0 Å². The largest absolute Gasteiger partial charge is 0.299 e. The third kappa shape index (κ3) is 8.29. The van der Waals surface area contributed by atoms with Crippen LogP contribution in [-0.4, -0.2) is 12.0 Å². The summed E-state index contributed by atoms with van der Waals surface area (Å²) in [7, 11) is 0. The summed E-state index contributed by atoms with van der Waals surface area (Å²) < 4.78 is 0. The Morgan fingerprint density at radius 3 is 2.47 bits per heavy atom. The molecule has 0 bridgehead atoms. The lowest BCUT2D eigenvalue weighted by Gasteiger charge is -2.21. The zero-order valence-corrected chi connectivity index (χ0v) is 23.0. The summed E-state index contributed by atoms with van der Waals surface area (Å²) in [5.41, 5.74) is 5.41. The molecular weight excluding hydrogens is 438 g/mol. The number of carbonyl (C=O) groups excluding carboxylic acids is 1. The van der Waals surface area contributed by atoms with E-state index in [1.54, 1.807) is 0 Å². The molecular formula is C34H55NO. The topological polar surface area (TPSA) is 29.4 Å². The molecule has 0 amide bonds. The van der Waals surface area contributed by atoms with Crippen molar-refractivity contribution >= 4 is 12.0 Å². The fourth-order valence-corrected chi connectivity index (χ4v) is 6.81. The van der Waals surface area contributed by atoms with Gasteiger partial charge in [-0.1, -0.05) is 101 Å². The first-order valence-electron chi connectivity index (χ1n) is 15.1. The van der Waals surface area contributed by atoms with Crippen LogP contribution in [0.15, 0.2) is 52.7 Å².